The Balaban J connectivity index is 0.00000153. The molecule has 10 heteroatoms. The van der Waals surface area contributed by atoms with Gasteiger partial charge in [0.05, 0.1) is 11.3 Å². The van der Waals surface area contributed by atoms with Gasteiger partial charge in [0.2, 0.25) is 0 Å². The van der Waals surface area contributed by atoms with Gasteiger partial charge >= 0.3 is 0 Å². The van der Waals surface area contributed by atoms with Crippen LogP contribution in [0.2, 0.25) is 0 Å². The number of benzene rings is 2. The standard InChI is InChI=1S/C23H24BrN5O2.2ClH/c1-14-2-4-18-16(12-14)20(23(30)27-18)22-21(17-13-15(24)3-5-19(17)26-22)28-31-11-10-29-8-6-25-7-9-29;;/h2-5,12-13,25,27,30H,6-11H2,1H3;2*1H/b28-21+;;. The molecule has 3 N–H and O–H groups in total. The van der Waals surface area contributed by atoms with Gasteiger partial charge in [-0.2, -0.15) is 0 Å². The molecule has 0 unspecified atom stereocenters. The Hall–Kier alpha value is -2.10. The van der Waals surface area contributed by atoms with Crippen molar-refractivity contribution in [2.75, 3.05) is 39.3 Å². The highest BCUT2D eigenvalue weighted by Gasteiger charge is 2.29. The molecule has 0 radical (unpaired) electrons. The zero-order valence-electron chi connectivity index (χ0n) is 18.1. The molecule has 0 bridgehead atoms. The average Bonchev–Trinajstić information content (AvgIpc) is 3.27. The normalized spacial score (nSPS) is 16.8. The molecule has 0 atom stereocenters. The summed E-state index contributed by atoms with van der Waals surface area (Å²) < 4.78 is 0.940. The van der Waals surface area contributed by atoms with Crippen LogP contribution < -0.4 is 5.32 Å². The molecule has 1 aromatic heterocycles. The number of aryl methyl sites for hydroxylation is 1. The summed E-state index contributed by atoms with van der Waals surface area (Å²) in [6.07, 6.45) is 0. The summed E-state index contributed by atoms with van der Waals surface area (Å²) in [6, 6.07) is 11.9. The number of aromatic hydroxyl groups is 1. The predicted molar refractivity (Wildman–Crippen MR) is 141 cm³/mol. The van der Waals surface area contributed by atoms with Gasteiger partial charge in [-0.1, -0.05) is 32.7 Å². The SMILES string of the molecule is Cc1ccc2[nH]c(O)c(C3=Nc4ccc(Br)cc4/C3=N\OCCN3CCNCC3)c2c1.Cl.Cl. The van der Waals surface area contributed by atoms with Crippen molar-refractivity contribution in [2.24, 2.45) is 10.1 Å². The third kappa shape index (κ3) is 5.20. The number of halogens is 3. The molecule has 0 spiro atoms. The van der Waals surface area contributed by atoms with Crippen LogP contribution in [0.25, 0.3) is 10.9 Å². The third-order valence-electron chi connectivity index (χ3n) is 5.71. The lowest BCUT2D eigenvalue weighted by Gasteiger charge is -2.26. The number of hydrogen-bond donors (Lipinski definition) is 3. The van der Waals surface area contributed by atoms with Crippen molar-refractivity contribution in [1.82, 2.24) is 15.2 Å². The van der Waals surface area contributed by atoms with Crippen molar-refractivity contribution in [3.05, 3.63) is 57.6 Å². The largest absolute Gasteiger partial charge is 0.494 e. The average molecular weight is 555 g/mol. The summed E-state index contributed by atoms with van der Waals surface area (Å²) in [4.78, 5) is 16.0. The number of oxime groups is 1. The molecule has 0 saturated carbocycles. The minimum Gasteiger partial charge on any atom is -0.494 e. The molecule has 2 aliphatic rings. The summed E-state index contributed by atoms with van der Waals surface area (Å²) in [6.45, 7) is 7.41. The molecule has 0 aliphatic carbocycles. The fourth-order valence-corrected chi connectivity index (χ4v) is 4.47. The monoisotopic (exact) mass is 553 g/mol. The van der Waals surface area contributed by atoms with Crippen LogP contribution in [-0.4, -0.2) is 65.7 Å². The summed E-state index contributed by atoms with van der Waals surface area (Å²) in [7, 11) is 0. The molecule has 2 aliphatic heterocycles. The van der Waals surface area contributed by atoms with Crippen LogP contribution in [0.1, 0.15) is 16.7 Å². The number of nitrogens with zero attached hydrogens (tertiary/aromatic N) is 3. The maximum absolute atomic E-state index is 10.7. The molecule has 3 aromatic rings. The topological polar surface area (TPSA) is 85.2 Å². The maximum Gasteiger partial charge on any atom is 0.199 e. The minimum absolute atomic E-state index is 0. The van der Waals surface area contributed by atoms with Crippen LogP contribution >= 0.6 is 40.7 Å². The Kier molecular flexibility index (Phi) is 8.42. The Morgan fingerprint density at radius 3 is 2.73 bits per heavy atom. The van der Waals surface area contributed by atoms with E-state index in [0.29, 0.717) is 23.6 Å². The van der Waals surface area contributed by atoms with Crippen molar-refractivity contribution in [3.8, 4) is 5.88 Å². The first-order chi connectivity index (χ1) is 15.1. The van der Waals surface area contributed by atoms with E-state index < -0.39 is 0 Å². The van der Waals surface area contributed by atoms with Crippen LogP contribution in [0.5, 0.6) is 5.88 Å². The van der Waals surface area contributed by atoms with E-state index in [2.05, 4.69) is 36.3 Å². The van der Waals surface area contributed by atoms with Gasteiger partial charge < -0.3 is 20.2 Å². The van der Waals surface area contributed by atoms with E-state index in [-0.39, 0.29) is 30.7 Å². The molecule has 0 amide bonds. The number of fused-ring (bicyclic) bond motifs is 2. The van der Waals surface area contributed by atoms with Crippen LogP contribution in [0, 0.1) is 6.92 Å². The molecule has 33 heavy (non-hydrogen) atoms. The second-order valence-corrected chi connectivity index (χ2v) is 8.80. The molecule has 2 aromatic carbocycles. The van der Waals surface area contributed by atoms with Crippen LogP contribution in [-0.2, 0) is 4.84 Å². The minimum atomic E-state index is 0. The molecular weight excluding hydrogens is 529 g/mol. The zero-order valence-corrected chi connectivity index (χ0v) is 21.3. The Labute approximate surface area is 213 Å². The zero-order chi connectivity index (χ0) is 21.4. The van der Waals surface area contributed by atoms with Gasteiger partial charge in [0.15, 0.2) is 5.88 Å². The number of hydrogen-bond acceptors (Lipinski definition) is 6. The second kappa shape index (κ2) is 10.9. The first kappa shape index (κ1) is 25.5. The third-order valence-corrected chi connectivity index (χ3v) is 6.20. The van der Waals surface area contributed by atoms with Gasteiger partial charge in [-0.05, 0) is 37.3 Å². The van der Waals surface area contributed by atoms with E-state index in [1.54, 1.807) is 0 Å². The van der Waals surface area contributed by atoms with E-state index >= 15 is 0 Å². The fraction of sp³-hybridized carbons (Fsp3) is 0.304. The Morgan fingerprint density at radius 2 is 1.94 bits per heavy atom. The lowest BCUT2D eigenvalue weighted by molar-refractivity contribution is 0.106. The fourth-order valence-electron chi connectivity index (χ4n) is 4.11. The highest BCUT2D eigenvalue weighted by atomic mass is 79.9. The lowest BCUT2D eigenvalue weighted by Crippen LogP contribution is -2.44. The molecular formula is C23H26BrCl2N5O2. The van der Waals surface area contributed by atoms with Crippen molar-refractivity contribution in [3.63, 3.8) is 0 Å². The first-order valence-electron chi connectivity index (χ1n) is 10.4. The second-order valence-electron chi connectivity index (χ2n) is 7.88. The van der Waals surface area contributed by atoms with Crippen LogP contribution in [0.4, 0.5) is 5.69 Å². The molecule has 5 rings (SSSR count). The quantitative estimate of drug-likeness (QED) is 0.319. The summed E-state index contributed by atoms with van der Waals surface area (Å²) in [5.74, 6) is 0.0831. The maximum atomic E-state index is 10.7. The summed E-state index contributed by atoms with van der Waals surface area (Å²) in [5.41, 5.74) is 5.56. The Morgan fingerprint density at radius 1 is 1.15 bits per heavy atom. The first-order valence-corrected chi connectivity index (χ1v) is 11.2. The number of rotatable bonds is 5. The van der Waals surface area contributed by atoms with Gasteiger partial charge in [0.1, 0.15) is 18.0 Å². The highest BCUT2D eigenvalue weighted by Crippen LogP contribution is 2.37. The van der Waals surface area contributed by atoms with Gasteiger partial charge in [-0.25, -0.2) is 4.99 Å². The van der Waals surface area contributed by atoms with E-state index in [0.717, 1.165) is 64.9 Å². The highest BCUT2D eigenvalue weighted by molar-refractivity contribution is 9.10. The van der Waals surface area contributed by atoms with Crippen molar-refractivity contribution in [2.45, 2.75) is 6.92 Å². The number of aromatic nitrogens is 1. The van der Waals surface area contributed by atoms with Gasteiger partial charge in [-0.3, -0.25) is 4.90 Å². The Bertz CT molecular complexity index is 1210. The van der Waals surface area contributed by atoms with Crippen molar-refractivity contribution in [1.29, 1.82) is 0 Å². The molecule has 1 saturated heterocycles. The summed E-state index contributed by atoms with van der Waals surface area (Å²) >= 11 is 3.54. The molecule has 1 fully saturated rings. The van der Waals surface area contributed by atoms with E-state index in [1.165, 1.54) is 0 Å². The smallest absolute Gasteiger partial charge is 0.199 e. The molecule has 3 heterocycles. The molecule has 7 nitrogen and oxygen atoms in total. The van der Waals surface area contributed by atoms with Crippen LogP contribution in [0.15, 0.2) is 51.0 Å². The number of aliphatic imine (C=N–C) groups is 1. The number of H-pyrrole nitrogens is 1. The van der Waals surface area contributed by atoms with Crippen molar-refractivity contribution < 1.29 is 9.94 Å². The van der Waals surface area contributed by atoms with E-state index in [9.17, 15) is 5.11 Å². The lowest BCUT2D eigenvalue weighted by atomic mass is 10.0. The predicted octanol–water partition coefficient (Wildman–Crippen LogP) is 4.55. The molecule has 176 valence electrons. The van der Waals surface area contributed by atoms with Crippen molar-refractivity contribution >= 4 is 68.8 Å². The number of aromatic amines is 1. The number of nitrogens with one attached hydrogen (secondary N) is 2. The van der Waals surface area contributed by atoms with Gasteiger partial charge in [0.25, 0.3) is 0 Å². The number of piperazine rings is 1. The van der Waals surface area contributed by atoms with E-state index in [4.69, 9.17) is 9.83 Å². The van der Waals surface area contributed by atoms with Gasteiger partial charge in [0, 0.05) is 53.7 Å². The van der Waals surface area contributed by atoms with Gasteiger partial charge in [-0.15, -0.1) is 24.8 Å². The van der Waals surface area contributed by atoms with E-state index in [1.807, 2.05) is 43.3 Å². The summed E-state index contributed by atoms with van der Waals surface area (Å²) in [5, 5.41) is 19.5. The van der Waals surface area contributed by atoms with Crippen LogP contribution in [0.3, 0.4) is 0 Å².